The molecule has 0 aliphatic heterocycles. The van der Waals surface area contributed by atoms with Crippen molar-refractivity contribution >= 4 is 11.9 Å². The summed E-state index contributed by atoms with van der Waals surface area (Å²) in [6, 6.07) is 0. The maximum absolute atomic E-state index is 11.5. The summed E-state index contributed by atoms with van der Waals surface area (Å²) in [5.41, 5.74) is -0.722. The van der Waals surface area contributed by atoms with E-state index in [0.717, 1.165) is 25.8 Å². The van der Waals surface area contributed by atoms with Gasteiger partial charge in [-0.25, -0.2) is 0 Å². The zero-order valence-corrected chi connectivity index (χ0v) is 10.4. The van der Waals surface area contributed by atoms with E-state index in [4.69, 9.17) is 0 Å². The molecule has 17 heavy (non-hydrogen) atoms. The van der Waals surface area contributed by atoms with Crippen LogP contribution in [-0.4, -0.2) is 36.6 Å². The number of amides is 1. The molecule has 0 saturated heterocycles. The Morgan fingerprint density at radius 3 is 2.47 bits per heavy atom. The van der Waals surface area contributed by atoms with Gasteiger partial charge in [-0.15, -0.1) is 0 Å². The first kappa shape index (κ1) is 14.0. The second kappa shape index (κ2) is 6.59. The fraction of sp³-hybridized carbons (Fsp3) is 0.833. The molecule has 1 amide bonds. The zero-order chi connectivity index (χ0) is 12.7. The summed E-state index contributed by atoms with van der Waals surface area (Å²) < 4.78 is 0. The minimum absolute atomic E-state index is 0.119. The average Bonchev–Trinajstić information content (AvgIpc) is 2.77. The Balaban J connectivity index is 2.32. The quantitative estimate of drug-likeness (QED) is 0.576. The smallest absolute Gasteiger partial charge is 0.311 e. The molecule has 5 heteroatoms. The van der Waals surface area contributed by atoms with Crippen molar-refractivity contribution in [1.82, 2.24) is 10.6 Å². The molecule has 0 aromatic rings. The molecule has 3 N–H and O–H groups in total. The molecule has 0 spiro atoms. The fourth-order valence-electron chi connectivity index (χ4n) is 2.23. The van der Waals surface area contributed by atoms with Gasteiger partial charge in [0.1, 0.15) is 0 Å². The Kier molecular flexibility index (Phi) is 5.41. The predicted molar refractivity (Wildman–Crippen MR) is 64.7 cm³/mol. The van der Waals surface area contributed by atoms with Crippen molar-refractivity contribution in [2.45, 2.75) is 39.0 Å². The first-order chi connectivity index (χ1) is 8.10. The van der Waals surface area contributed by atoms with Crippen LogP contribution in [0.4, 0.5) is 0 Å². The minimum atomic E-state index is -0.781. The molecule has 0 heterocycles. The SMILES string of the molecule is CCCNCC(=O)NCC1(C(=O)O)CCCC1. The molecule has 0 aromatic heterocycles. The van der Waals surface area contributed by atoms with Crippen molar-refractivity contribution < 1.29 is 14.7 Å². The maximum atomic E-state index is 11.5. The topological polar surface area (TPSA) is 78.4 Å². The second-order valence-corrected chi connectivity index (χ2v) is 4.75. The highest BCUT2D eigenvalue weighted by atomic mass is 16.4. The van der Waals surface area contributed by atoms with Gasteiger partial charge in [0.25, 0.3) is 0 Å². The summed E-state index contributed by atoms with van der Waals surface area (Å²) in [5.74, 6) is -0.900. The minimum Gasteiger partial charge on any atom is -0.481 e. The molecule has 0 aromatic carbocycles. The second-order valence-electron chi connectivity index (χ2n) is 4.75. The van der Waals surface area contributed by atoms with Crippen LogP contribution >= 0.6 is 0 Å². The summed E-state index contributed by atoms with van der Waals surface area (Å²) >= 11 is 0. The van der Waals surface area contributed by atoms with E-state index >= 15 is 0 Å². The first-order valence-corrected chi connectivity index (χ1v) is 6.31. The van der Waals surface area contributed by atoms with Crippen LogP contribution in [0.2, 0.25) is 0 Å². The van der Waals surface area contributed by atoms with E-state index in [0.29, 0.717) is 12.8 Å². The molecular weight excluding hydrogens is 220 g/mol. The van der Waals surface area contributed by atoms with Crippen LogP contribution in [0, 0.1) is 5.41 Å². The van der Waals surface area contributed by atoms with E-state index in [-0.39, 0.29) is 19.0 Å². The van der Waals surface area contributed by atoms with Gasteiger partial charge in [-0.05, 0) is 25.8 Å². The highest BCUT2D eigenvalue weighted by Crippen LogP contribution is 2.37. The van der Waals surface area contributed by atoms with Crippen LogP contribution in [0.3, 0.4) is 0 Å². The number of rotatable bonds is 7. The lowest BCUT2D eigenvalue weighted by atomic mass is 9.86. The van der Waals surface area contributed by atoms with E-state index in [2.05, 4.69) is 10.6 Å². The molecule has 98 valence electrons. The lowest BCUT2D eigenvalue weighted by molar-refractivity contribution is -0.148. The number of hydrogen-bond acceptors (Lipinski definition) is 3. The Hall–Kier alpha value is -1.10. The third-order valence-corrected chi connectivity index (χ3v) is 3.35. The molecule has 0 atom stereocenters. The van der Waals surface area contributed by atoms with Crippen molar-refractivity contribution in [2.75, 3.05) is 19.6 Å². The van der Waals surface area contributed by atoms with Crippen molar-refractivity contribution in [3.63, 3.8) is 0 Å². The van der Waals surface area contributed by atoms with Gasteiger partial charge in [0, 0.05) is 6.54 Å². The maximum Gasteiger partial charge on any atom is 0.311 e. The van der Waals surface area contributed by atoms with E-state index in [1.807, 2.05) is 6.92 Å². The Labute approximate surface area is 102 Å². The van der Waals surface area contributed by atoms with Gasteiger partial charge in [0.2, 0.25) is 5.91 Å². The highest BCUT2D eigenvalue weighted by molar-refractivity contribution is 5.80. The number of hydrogen-bond donors (Lipinski definition) is 3. The molecule has 1 aliphatic carbocycles. The summed E-state index contributed by atoms with van der Waals surface area (Å²) in [4.78, 5) is 22.7. The third-order valence-electron chi connectivity index (χ3n) is 3.35. The van der Waals surface area contributed by atoms with Gasteiger partial charge in [0.05, 0.1) is 12.0 Å². The third kappa shape index (κ3) is 4.00. The normalized spacial score (nSPS) is 17.9. The van der Waals surface area contributed by atoms with Gasteiger partial charge in [-0.2, -0.15) is 0 Å². The molecular formula is C12H22N2O3. The van der Waals surface area contributed by atoms with Crippen molar-refractivity contribution in [2.24, 2.45) is 5.41 Å². The monoisotopic (exact) mass is 242 g/mol. The summed E-state index contributed by atoms with van der Waals surface area (Å²) in [6.07, 6.45) is 4.20. The summed E-state index contributed by atoms with van der Waals surface area (Å²) in [5, 5.41) is 14.9. The first-order valence-electron chi connectivity index (χ1n) is 6.31. The average molecular weight is 242 g/mol. The summed E-state index contributed by atoms with van der Waals surface area (Å²) in [7, 11) is 0. The van der Waals surface area contributed by atoms with Crippen LogP contribution < -0.4 is 10.6 Å². The number of carboxylic acid groups (broad SMARTS) is 1. The largest absolute Gasteiger partial charge is 0.481 e. The highest BCUT2D eigenvalue weighted by Gasteiger charge is 2.41. The van der Waals surface area contributed by atoms with Gasteiger partial charge >= 0.3 is 5.97 Å². The van der Waals surface area contributed by atoms with Crippen molar-refractivity contribution in [1.29, 1.82) is 0 Å². The fourth-order valence-corrected chi connectivity index (χ4v) is 2.23. The number of nitrogens with one attached hydrogen (secondary N) is 2. The number of carbonyl (C=O) groups is 2. The lowest BCUT2D eigenvalue weighted by Gasteiger charge is -2.23. The van der Waals surface area contributed by atoms with E-state index in [1.54, 1.807) is 0 Å². The van der Waals surface area contributed by atoms with E-state index in [9.17, 15) is 14.7 Å². The molecule has 1 saturated carbocycles. The molecule has 5 nitrogen and oxygen atoms in total. The predicted octanol–water partition coefficient (Wildman–Crippen LogP) is 0.747. The summed E-state index contributed by atoms with van der Waals surface area (Å²) in [6.45, 7) is 3.36. The molecule has 0 radical (unpaired) electrons. The van der Waals surface area contributed by atoms with Crippen LogP contribution in [0.25, 0.3) is 0 Å². The standard InChI is InChI=1S/C12H22N2O3/c1-2-7-13-8-10(15)14-9-12(11(16)17)5-3-4-6-12/h13H,2-9H2,1H3,(H,14,15)(H,16,17). The Bertz CT molecular complexity index is 273. The van der Waals surface area contributed by atoms with Crippen LogP contribution in [0.1, 0.15) is 39.0 Å². The zero-order valence-electron chi connectivity index (χ0n) is 10.4. The molecule has 0 bridgehead atoms. The van der Waals surface area contributed by atoms with Crippen LogP contribution in [0.15, 0.2) is 0 Å². The van der Waals surface area contributed by atoms with Crippen molar-refractivity contribution in [3.8, 4) is 0 Å². The molecule has 1 fully saturated rings. The number of aliphatic carboxylic acids is 1. The van der Waals surface area contributed by atoms with Crippen LogP contribution in [0.5, 0.6) is 0 Å². The lowest BCUT2D eigenvalue weighted by Crippen LogP contribution is -2.44. The van der Waals surface area contributed by atoms with Gasteiger partial charge in [-0.3, -0.25) is 9.59 Å². The molecule has 1 rings (SSSR count). The van der Waals surface area contributed by atoms with Gasteiger partial charge < -0.3 is 15.7 Å². The van der Waals surface area contributed by atoms with Gasteiger partial charge in [0.15, 0.2) is 0 Å². The Morgan fingerprint density at radius 1 is 1.29 bits per heavy atom. The van der Waals surface area contributed by atoms with E-state index in [1.165, 1.54) is 0 Å². The van der Waals surface area contributed by atoms with E-state index < -0.39 is 11.4 Å². The van der Waals surface area contributed by atoms with Crippen LogP contribution in [-0.2, 0) is 9.59 Å². The Morgan fingerprint density at radius 2 is 1.94 bits per heavy atom. The van der Waals surface area contributed by atoms with Crippen molar-refractivity contribution in [3.05, 3.63) is 0 Å². The number of carbonyl (C=O) groups excluding carboxylic acids is 1. The van der Waals surface area contributed by atoms with Gasteiger partial charge in [-0.1, -0.05) is 19.8 Å². The number of carboxylic acids is 1. The molecule has 1 aliphatic rings. The molecule has 0 unspecified atom stereocenters.